The molecule has 0 aliphatic heterocycles. The summed E-state index contributed by atoms with van der Waals surface area (Å²) >= 11 is 0. The Kier molecular flexibility index (Phi) is 6.85. The number of nitrogens with one attached hydrogen (secondary N) is 1. The zero-order valence-corrected chi connectivity index (χ0v) is 15.8. The third-order valence-electron chi connectivity index (χ3n) is 3.92. The quantitative estimate of drug-likeness (QED) is 0.491. The number of ether oxygens (including phenoxy) is 1. The van der Waals surface area contributed by atoms with Crippen molar-refractivity contribution in [3.63, 3.8) is 0 Å². The number of methoxy groups -OCH3 is 1. The predicted molar refractivity (Wildman–Crippen MR) is 106 cm³/mol. The number of hydrogen-bond donors (Lipinski definition) is 1. The van der Waals surface area contributed by atoms with Gasteiger partial charge in [-0.25, -0.2) is 32.9 Å². The van der Waals surface area contributed by atoms with Crippen molar-refractivity contribution in [3.8, 4) is 0 Å². The highest BCUT2D eigenvalue weighted by molar-refractivity contribution is 6.01. The van der Waals surface area contributed by atoms with Gasteiger partial charge in [-0.15, -0.1) is 13.2 Å². The van der Waals surface area contributed by atoms with E-state index in [1.807, 2.05) is 0 Å². The summed E-state index contributed by atoms with van der Waals surface area (Å²) in [5.74, 6) is -1.40. The van der Waals surface area contributed by atoms with Crippen LogP contribution in [0.3, 0.4) is 0 Å². The van der Waals surface area contributed by atoms with Gasteiger partial charge in [-0.05, 0) is 12.1 Å². The van der Waals surface area contributed by atoms with Crippen LogP contribution in [0.1, 0.15) is 10.4 Å². The number of nitrogens with zero attached hydrogens (tertiary/aromatic N) is 3. The maximum atomic E-state index is 12.6. The molecule has 1 amide bonds. The number of esters is 1. The first-order valence-electron chi connectivity index (χ1n) is 8.49. The molecule has 0 unspecified atom stereocenters. The van der Waals surface area contributed by atoms with Crippen LogP contribution in [-0.2, 0) is 29.2 Å². The fourth-order valence-corrected chi connectivity index (χ4v) is 2.60. The van der Waals surface area contributed by atoms with Crippen LogP contribution < -0.4 is 22.4 Å². The van der Waals surface area contributed by atoms with Crippen LogP contribution >= 0.6 is 0 Å². The number of para-hydroxylation sites is 1. The Bertz CT molecular complexity index is 1090. The number of benzene rings is 1. The minimum atomic E-state index is -0.948. The summed E-state index contributed by atoms with van der Waals surface area (Å²) in [5.41, 5.74) is -2.46. The van der Waals surface area contributed by atoms with Gasteiger partial charge in [0, 0.05) is 0 Å². The molecular formula is C19H20N4O6. The van der Waals surface area contributed by atoms with Crippen LogP contribution in [-0.4, -0.2) is 32.7 Å². The first kappa shape index (κ1) is 21.4. The number of rotatable bonds is 8. The van der Waals surface area contributed by atoms with Crippen molar-refractivity contribution < 1.29 is 14.3 Å². The molecule has 0 atom stereocenters. The molecule has 0 bridgehead atoms. The van der Waals surface area contributed by atoms with Crippen LogP contribution in [0.15, 0.2) is 64.0 Å². The van der Waals surface area contributed by atoms with E-state index in [0.29, 0.717) is 4.57 Å². The third kappa shape index (κ3) is 4.49. The molecule has 2 aromatic rings. The largest absolute Gasteiger partial charge is 0.465 e. The SMILES string of the molecule is C=CCn1c(=O)n(CC=C)c(=O)n(CC(=O)Nc2ccccc2C(=O)OC)c1=O. The van der Waals surface area contributed by atoms with E-state index < -0.39 is 35.5 Å². The Morgan fingerprint density at radius 2 is 1.48 bits per heavy atom. The third-order valence-corrected chi connectivity index (χ3v) is 3.92. The summed E-state index contributed by atoms with van der Waals surface area (Å²) in [4.78, 5) is 61.7. The molecule has 152 valence electrons. The molecule has 10 heteroatoms. The lowest BCUT2D eigenvalue weighted by atomic mass is 10.2. The van der Waals surface area contributed by atoms with Gasteiger partial charge < -0.3 is 10.1 Å². The molecule has 0 spiro atoms. The predicted octanol–water partition coefficient (Wildman–Crippen LogP) is -0.0310. The lowest BCUT2D eigenvalue weighted by Gasteiger charge is -2.13. The van der Waals surface area contributed by atoms with Gasteiger partial charge in [0.15, 0.2) is 0 Å². The molecule has 0 radical (unpaired) electrons. The van der Waals surface area contributed by atoms with Gasteiger partial charge in [0.25, 0.3) is 0 Å². The van der Waals surface area contributed by atoms with E-state index >= 15 is 0 Å². The fraction of sp³-hybridized carbons (Fsp3) is 0.211. The second kappa shape index (κ2) is 9.31. The summed E-state index contributed by atoms with van der Waals surface area (Å²) in [6, 6.07) is 6.11. The van der Waals surface area contributed by atoms with Crippen molar-refractivity contribution in [2.75, 3.05) is 12.4 Å². The second-order valence-electron chi connectivity index (χ2n) is 5.82. The van der Waals surface area contributed by atoms with Crippen molar-refractivity contribution in [1.82, 2.24) is 13.7 Å². The van der Waals surface area contributed by atoms with E-state index in [1.165, 1.54) is 31.4 Å². The van der Waals surface area contributed by atoms with Crippen molar-refractivity contribution in [3.05, 3.63) is 86.6 Å². The first-order chi connectivity index (χ1) is 13.8. The highest BCUT2D eigenvalue weighted by Gasteiger charge is 2.18. The molecule has 0 fully saturated rings. The number of anilines is 1. The Balaban J connectivity index is 2.46. The maximum absolute atomic E-state index is 12.6. The molecule has 0 aliphatic rings. The molecule has 0 saturated heterocycles. The average molecular weight is 400 g/mol. The lowest BCUT2D eigenvalue weighted by molar-refractivity contribution is -0.116. The Morgan fingerprint density at radius 3 is 2.00 bits per heavy atom. The Labute approximate surface area is 165 Å². The molecule has 0 aliphatic carbocycles. The van der Waals surface area contributed by atoms with Gasteiger partial charge in [0.05, 0.1) is 31.5 Å². The van der Waals surface area contributed by atoms with E-state index in [-0.39, 0.29) is 24.3 Å². The molecule has 1 aromatic heterocycles. The maximum Gasteiger partial charge on any atom is 0.339 e. The van der Waals surface area contributed by atoms with Crippen LogP contribution in [0.4, 0.5) is 5.69 Å². The van der Waals surface area contributed by atoms with Crippen molar-refractivity contribution in [1.29, 1.82) is 0 Å². The van der Waals surface area contributed by atoms with Crippen molar-refractivity contribution >= 4 is 17.6 Å². The molecule has 1 N–H and O–H groups in total. The fourth-order valence-electron chi connectivity index (χ4n) is 2.60. The van der Waals surface area contributed by atoms with E-state index in [9.17, 15) is 24.0 Å². The van der Waals surface area contributed by atoms with Gasteiger partial charge in [-0.3, -0.25) is 4.79 Å². The van der Waals surface area contributed by atoms with Crippen LogP contribution in [0, 0.1) is 0 Å². The van der Waals surface area contributed by atoms with Gasteiger partial charge in [0.1, 0.15) is 6.54 Å². The second-order valence-corrected chi connectivity index (χ2v) is 5.82. The monoisotopic (exact) mass is 400 g/mol. The molecule has 2 rings (SSSR count). The molecule has 29 heavy (non-hydrogen) atoms. The zero-order valence-electron chi connectivity index (χ0n) is 15.8. The van der Waals surface area contributed by atoms with E-state index in [0.717, 1.165) is 9.13 Å². The van der Waals surface area contributed by atoms with Crippen LogP contribution in [0.5, 0.6) is 0 Å². The standard InChI is InChI=1S/C19H20N4O6/c1-4-10-21-17(26)22(11-5-2)19(28)23(18(21)27)12-15(24)20-14-9-7-6-8-13(14)16(25)29-3/h4-9H,1-2,10-12H2,3H3,(H,20,24). The van der Waals surface area contributed by atoms with Crippen molar-refractivity contribution in [2.45, 2.75) is 19.6 Å². The minimum absolute atomic E-state index is 0.108. The molecule has 1 aromatic carbocycles. The van der Waals surface area contributed by atoms with E-state index in [2.05, 4.69) is 23.2 Å². The summed E-state index contributed by atoms with van der Waals surface area (Å²) in [5, 5.41) is 2.47. The van der Waals surface area contributed by atoms with Gasteiger partial charge in [-0.1, -0.05) is 24.3 Å². The highest BCUT2D eigenvalue weighted by atomic mass is 16.5. The average Bonchev–Trinajstić information content (AvgIpc) is 2.71. The first-order valence-corrected chi connectivity index (χ1v) is 8.49. The summed E-state index contributed by atoms with van der Waals surface area (Å²) in [6.07, 6.45) is 2.64. The lowest BCUT2D eigenvalue weighted by Crippen LogP contribution is -2.55. The summed E-state index contributed by atoms with van der Waals surface area (Å²) < 4.78 is 6.86. The normalized spacial score (nSPS) is 10.2. The Morgan fingerprint density at radius 1 is 0.966 bits per heavy atom. The summed E-state index contributed by atoms with van der Waals surface area (Å²) in [7, 11) is 1.20. The Hall–Kier alpha value is -3.95. The highest BCUT2D eigenvalue weighted by Crippen LogP contribution is 2.15. The van der Waals surface area contributed by atoms with Gasteiger partial charge in [-0.2, -0.15) is 0 Å². The molecule has 0 saturated carbocycles. The van der Waals surface area contributed by atoms with Gasteiger partial charge >= 0.3 is 23.0 Å². The van der Waals surface area contributed by atoms with Crippen LogP contribution in [0.2, 0.25) is 0 Å². The number of hydrogen-bond acceptors (Lipinski definition) is 6. The number of allylic oxidation sites excluding steroid dienone is 2. The number of amides is 1. The number of aromatic nitrogens is 3. The molecule has 1 heterocycles. The number of carbonyl (C=O) groups is 2. The number of carbonyl (C=O) groups excluding carboxylic acids is 2. The zero-order chi connectivity index (χ0) is 21.6. The van der Waals surface area contributed by atoms with Crippen LogP contribution in [0.25, 0.3) is 0 Å². The smallest absolute Gasteiger partial charge is 0.339 e. The van der Waals surface area contributed by atoms with Gasteiger partial charge in [0.2, 0.25) is 5.91 Å². The summed E-state index contributed by atoms with van der Waals surface area (Å²) in [6.45, 7) is 6.02. The topological polar surface area (TPSA) is 121 Å². The van der Waals surface area contributed by atoms with E-state index in [1.54, 1.807) is 12.1 Å². The molecule has 10 nitrogen and oxygen atoms in total. The minimum Gasteiger partial charge on any atom is -0.465 e. The van der Waals surface area contributed by atoms with E-state index in [4.69, 9.17) is 0 Å². The molecular weight excluding hydrogens is 380 g/mol. The van der Waals surface area contributed by atoms with Crippen molar-refractivity contribution in [2.24, 2.45) is 0 Å².